The van der Waals surface area contributed by atoms with Crippen LogP contribution in [-0.4, -0.2) is 57.3 Å². The van der Waals surface area contributed by atoms with Crippen LogP contribution in [0.4, 0.5) is 0 Å². The van der Waals surface area contributed by atoms with Crippen molar-refractivity contribution in [1.29, 1.82) is 0 Å². The van der Waals surface area contributed by atoms with Gasteiger partial charge in [-0.1, -0.05) is 0 Å². The van der Waals surface area contributed by atoms with Crippen molar-refractivity contribution in [1.82, 2.24) is 0 Å². The molecule has 3 heterocycles. The van der Waals surface area contributed by atoms with Crippen LogP contribution in [-0.2, 0) is 28.2 Å². The minimum absolute atomic E-state index is 0.114. The molecule has 4 unspecified atom stereocenters. The number of fused-ring (bicyclic) bond motifs is 2. The Hall–Kier alpha value is 0.190. The molecule has 7 heteroatoms. The Morgan fingerprint density at radius 2 is 2.00 bits per heavy atom. The molecular formula is C12H21O6P. The molecule has 0 aliphatic carbocycles. The van der Waals surface area contributed by atoms with Crippen molar-refractivity contribution >= 4 is 9.47 Å². The Morgan fingerprint density at radius 3 is 2.68 bits per heavy atom. The van der Waals surface area contributed by atoms with Crippen LogP contribution < -0.4 is 0 Å². The summed E-state index contributed by atoms with van der Waals surface area (Å²) in [4.78, 5) is 0. The first-order valence-electron chi connectivity index (χ1n) is 6.76. The third-order valence-electron chi connectivity index (χ3n) is 3.89. The summed E-state index contributed by atoms with van der Waals surface area (Å²) in [7, 11) is 3.91. The largest absolute Gasteiger partial charge is 0.376 e. The lowest BCUT2D eigenvalue weighted by Gasteiger charge is -2.40. The fourth-order valence-corrected chi connectivity index (χ4v) is 3.19. The summed E-state index contributed by atoms with van der Waals surface area (Å²) in [5.74, 6) is 0. The van der Waals surface area contributed by atoms with E-state index in [2.05, 4.69) is 9.47 Å². The van der Waals surface area contributed by atoms with Gasteiger partial charge in [0.2, 0.25) is 0 Å². The zero-order valence-electron chi connectivity index (χ0n) is 11.0. The van der Waals surface area contributed by atoms with E-state index < -0.39 is 0 Å². The molecule has 0 amide bonds. The van der Waals surface area contributed by atoms with Crippen LogP contribution in [0.5, 0.6) is 0 Å². The van der Waals surface area contributed by atoms with E-state index in [1.54, 1.807) is 7.11 Å². The van der Waals surface area contributed by atoms with Gasteiger partial charge in [-0.3, -0.25) is 0 Å². The third kappa shape index (κ3) is 2.81. The SMILES string of the molecule is CO[C@H]1C(OP)[C@@H]2OCC(O2)[C@H]1OC1CCCCO1. The highest BCUT2D eigenvalue weighted by Gasteiger charge is 2.52. The van der Waals surface area contributed by atoms with E-state index in [-0.39, 0.29) is 37.0 Å². The van der Waals surface area contributed by atoms with E-state index in [0.29, 0.717) is 6.61 Å². The topological polar surface area (TPSA) is 55.4 Å². The van der Waals surface area contributed by atoms with E-state index in [1.807, 2.05) is 0 Å². The molecule has 3 rings (SSSR count). The zero-order chi connectivity index (χ0) is 13.2. The van der Waals surface area contributed by atoms with Crippen molar-refractivity contribution < 1.29 is 28.2 Å². The molecule has 3 aliphatic rings. The van der Waals surface area contributed by atoms with Gasteiger partial charge in [0, 0.05) is 23.2 Å². The molecule has 0 radical (unpaired) electrons. The molecule has 0 saturated carbocycles. The predicted octanol–water partition coefficient (Wildman–Crippen LogP) is 0.844. The highest BCUT2D eigenvalue weighted by atomic mass is 31.0. The molecule has 19 heavy (non-hydrogen) atoms. The molecule has 3 fully saturated rings. The van der Waals surface area contributed by atoms with E-state index in [0.717, 1.165) is 25.9 Å². The summed E-state index contributed by atoms with van der Waals surface area (Å²) >= 11 is 0. The van der Waals surface area contributed by atoms with Crippen molar-refractivity contribution in [2.75, 3.05) is 20.3 Å². The number of hydrogen-bond donors (Lipinski definition) is 0. The first-order chi connectivity index (χ1) is 9.33. The Labute approximate surface area is 115 Å². The summed E-state index contributed by atoms with van der Waals surface area (Å²) in [6.45, 7) is 1.26. The highest BCUT2D eigenvalue weighted by Crippen LogP contribution is 2.35. The lowest BCUT2D eigenvalue weighted by molar-refractivity contribution is -0.278. The Bertz CT molecular complexity index is 298. The summed E-state index contributed by atoms with van der Waals surface area (Å²) in [6, 6.07) is 0. The molecule has 2 bridgehead atoms. The molecule has 110 valence electrons. The van der Waals surface area contributed by atoms with Crippen molar-refractivity contribution in [3.05, 3.63) is 0 Å². The quantitative estimate of drug-likeness (QED) is 0.716. The number of methoxy groups -OCH3 is 1. The molecule has 6 nitrogen and oxygen atoms in total. The third-order valence-corrected chi connectivity index (χ3v) is 4.21. The maximum absolute atomic E-state index is 6.06. The van der Waals surface area contributed by atoms with E-state index in [1.165, 1.54) is 0 Å². The van der Waals surface area contributed by atoms with Crippen LogP contribution in [0.3, 0.4) is 0 Å². The summed E-state index contributed by atoms with van der Waals surface area (Å²) in [5.41, 5.74) is 0. The summed E-state index contributed by atoms with van der Waals surface area (Å²) < 4.78 is 33.9. The number of ether oxygens (including phenoxy) is 5. The number of rotatable bonds is 4. The van der Waals surface area contributed by atoms with E-state index in [4.69, 9.17) is 28.2 Å². The monoisotopic (exact) mass is 292 g/mol. The van der Waals surface area contributed by atoms with Gasteiger partial charge < -0.3 is 28.2 Å². The maximum atomic E-state index is 6.06. The number of hydrogen-bond acceptors (Lipinski definition) is 6. The Kier molecular flexibility index (Phi) is 4.70. The smallest absolute Gasteiger partial charge is 0.187 e. The van der Waals surface area contributed by atoms with Crippen molar-refractivity contribution in [3.63, 3.8) is 0 Å². The average molecular weight is 292 g/mol. The van der Waals surface area contributed by atoms with Gasteiger partial charge in [0.1, 0.15) is 24.4 Å². The van der Waals surface area contributed by atoms with Crippen LogP contribution >= 0.6 is 9.47 Å². The minimum Gasteiger partial charge on any atom is -0.376 e. The molecule has 0 N–H and O–H groups in total. The first kappa shape index (κ1) is 14.1. The molecule has 3 saturated heterocycles. The second-order valence-electron chi connectivity index (χ2n) is 5.07. The molecule has 0 aromatic heterocycles. The van der Waals surface area contributed by atoms with Gasteiger partial charge in [0.15, 0.2) is 12.6 Å². The lowest BCUT2D eigenvalue weighted by Crippen LogP contribution is -2.57. The van der Waals surface area contributed by atoms with Crippen LogP contribution in [0.25, 0.3) is 0 Å². The van der Waals surface area contributed by atoms with E-state index in [9.17, 15) is 0 Å². The molecule has 0 aromatic rings. The fourth-order valence-electron chi connectivity index (χ4n) is 2.91. The Balaban J connectivity index is 1.69. The van der Waals surface area contributed by atoms with Gasteiger partial charge in [-0.05, 0) is 19.3 Å². The van der Waals surface area contributed by atoms with Crippen LogP contribution in [0.1, 0.15) is 19.3 Å². The average Bonchev–Trinajstić information content (AvgIpc) is 2.88. The second kappa shape index (κ2) is 6.31. The van der Waals surface area contributed by atoms with Crippen LogP contribution in [0.2, 0.25) is 0 Å². The van der Waals surface area contributed by atoms with Gasteiger partial charge >= 0.3 is 0 Å². The maximum Gasteiger partial charge on any atom is 0.187 e. The summed E-state index contributed by atoms with van der Waals surface area (Å²) in [5, 5.41) is 0. The van der Waals surface area contributed by atoms with Crippen molar-refractivity contribution in [2.24, 2.45) is 0 Å². The second-order valence-corrected chi connectivity index (χ2v) is 5.35. The van der Waals surface area contributed by atoms with Gasteiger partial charge in [0.25, 0.3) is 0 Å². The fraction of sp³-hybridized carbons (Fsp3) is 1.00. The van der Waals surface area contributed by atoms with Crippen LogP contribution in [0.15, 0.2) is 0 Å². The zero-order valence-corrected chi connectivity index (χ0v) is 12.2. The molecule has 0 aromatic carbocycles. The van der Waals surface area contributed by atoms with Gasteiger partial charge in [-0.25, -0.2) is 0 Å². The van der Waals surface area contributed by atoms with Gasteiger partial charge in [-0.2, -0.15) is 0 Å². The summed E-state index contributed by atoms with van der Waals surface area (Å²) in [6.07, 6.45) is 1.73. The molecule has 7 atom stereocenters. The van der Waals surface area contributed by atoms with Crippen molar-refractivity contribution in [2.45, 2.75) is 56.3 Å². The lowest BCUT2D eigenvalue weighted by atomic mass is 10.0. The van der Waals surface area contributed by atoms with E-state index >= 15 is 0 Å². The van der Waals surface area contributed by atoms with Crippen molar-refractivity contribution in [3.8, 4) is 0 Å². The minimum atomic E-state index is -0.375. The van der Waals surface area contributed by atoms with Crippen LogP contribution in [0, 0.1) is 0 Å². The molecule has 3 aliphatic heterocycles. The van der Waals surface area contributed by atoms with Gasteiger partial charge in [0.05, 0.1) is 6.61 Å². The molecule has 0 spiro atoms. The normalized spacial score (nSPS) is 46.4. The predicted molar refractivity (Wildman–Crippen MR) is 68.5 cm³/mol. The first-order valence-corrected chi connectivity index (χ1v) is 7.23. The Morgan fingerprint density at radius 1 is 1.11 bits per heavy atom. The highest BCUT2D eigenvalue weighted by molar-refractivity contribution is 7.09. The van der Waals surface area contributed by atoms with Gasteiger partial charge in [-0.15, -0.1) is 0 Å². The standard InChI is InChI=1S/C12H21O6P/c1-13-10-9(17-8-4-2-3-5-14-8)7-6-15-12(16-7)11(10)18-19/h7-12H,2-6,19H2,1H3/t7?,8?,9-,10-,11?,12-/m1/s1. The molecular weight excluding hydrogens is 271 g/mol.